The van der Waals surface area contributed by atoms with E-state index in [9.17, 15) is 0 Å². The second-order valence-corrected chi connectivity index (χ2v) is 6.34. The van der Waals surface area contributed by atoms with Crippen molar-refractivity contribution in [1.29, 1.82) is 0 Å². The molecular formula is C20H19Cl2N7O2. The van der Waals surface area contributed by atoms with Crippen molar-refractivity contribution < 1.29 is 9.47 Å². The van der Waals surface area contributed by atoms with E-state index in [1.165, 1.54) is 0 Å². The Kier molecular flexibility index (Phi) is 6.47. The molecule has 0 bridgehead atoms. The summed E-state index contributed by atoms with van der Waals surface area (Å²) in [6, 6.07) is 13.3. The number of imidazole rings is 1. The Morgan fingerprint density at radius 1 is 0.903 bits per heavy atom. The van der Waals surface area contributed by atoms with E-state index >= 15 is 0 Å². The maximum absolute atomic E-state index is 5.42. The molecule has 5 aromatic rings. The fourth-order valence-corrected chi connectivity index (χ4v) is 3.20. The highest BCUT2D eigenvalue weighted by atomic mass is 35.5. The molecule has 0 aliphatic carbocycles. The van der Waals surface area contributed by atoms with Gasteiger partial charge in [0.2, 0.25) is 5.95 Å². The summed E-state index contributed by atoms with van der Waals surface area (Å²) in [5.74, 6) is 1.94. The van der Waals surface area contributed by atoms with E-state index in [0.29, 0.717) is 17.4 Å². The zero-order valence-corrected chi connectivity index (χ0v) is 18.2. The van der Waals surface area contributed by atoms with E-state index in [0.717, 1.165) is 33.6 Å². The molecule has 160 valence electrons. The van der Waals surface area contributed by atoms with Gasteiger partial charge in [-0.1, -0.05) is 0 Å². The summed E-state index contributed by atoms with van der Waals surface area (Å²) >= 11 is 0. The summed E-state index contributed by atoms with van der Waals surface area (Å²) in [4.78, 5) is 9.23. The lowest BCUT2D eigenvalue weighted by Gasteiger charge is -2.12. The highest BCUT2D eigenvalue weighted by molar-refractivity contribution is 5.85. The Labute approximate surface area is 189 Å². The van der Waals surface area contributed by atoms with E-state index in [2.05, 4.69) is 25.7 Å². The number of nitrogens with zero attached hydrogens (tertiary/aromatic N) is 5. The van der Waals surface area contributed by atoms with Gasteiger partial charge in [0.15, 0.2) is 11.5 Å². The maximum Gasteiger partial charge on any atom is 0.213 e. The summed E-state index contributed by atoms with van der Waals surface area (Å²) in [5, 5.41) is 14.2. The molecule has 0 aliphatic heterocycles. The molecule has 0 fully saturated rings. The number of nitrogens with one attached hydrogen (secondary N) is 2. The van der Waals surface area contributed by atoms with E-state index in [4.69, 9.17) is 14.5 Å². The molecule has 3 heterocycles. The third-order valence-electron chi connectivity index (χ3n) is 4.64. The van der Waals surface area contributed by atoms with Crippen LogP contribution in [0.15, 0.2) is 54.9 Å². The molecule has 0 saturated carbocycles. The lowest BCUT2D eigenvalue weighted by atomic mass is 10.1. The number of hydrogen-bond acceptors (Lipinski definition) is 7. The van der Waals surface area contributed by atoms with Gasteiger partial charge in [0, 0.05) is 29.7 Å². The van der Waals surface area contributed by atoms with Crippen molar-refractivity contribution >= 4 is 53.1 Å². The number of rotatable bonds is 5. The molecule has 2 aromatic carbocycles. The van der Waals surface area contributed by atoms with Crippen molar-refractivity contribution in [3.63, 3.8) is 0 Å². The van der Waals surface area contributed by atoms with Crippen LogP contribution >= 0.6 is 24.8 Å². The Morgan fingerprint density at radius 3 is 2.52 bits per heavy atom. The van der Waals surface area contributed by atoms with Crippen LogP contribution in [0.4, 0.5) is 11.6 Å². The Balaban J connectivity index is 0.00000136. The average molecular weight is 460 g/mol. The van der Waals surface area contributed by atoms with Crippen LogP contribution in [0.2, 0.25) is 0 Å². The first-order valence-corrected chi connectivity index (χ1v) is 8.89. The van der Waals surface area contributed by atoms with Crippen molar-refractivity contribution in [2.45, 2.75) is 0 Å². The maximum atomic E-state index is 5.42. The van der Waals surface area contributed by atoms with Crippen molar-refractivity contribution in [1.82, 2.24) is 29.8 Å². The third kappa shape index (κ3) is 4.05. The molecule has 0 atom stereocenters. The van der Waals surface area contributed by atoms with E-state index in [1.807, 2.05) is 53.1 Å². The number of hydrogen-bond donors (Lipinski definition) is 2. The first kappa shape index (κ1) is 22.1. The highest BCUT2D eigenvalue weighted by Gasteiger charge is 2.12. The van der Waals surface area contributed by atoms with Gasteiger partial charge in [-0.2, -0.15) is 15.4 Å². The summed E-state index contributed by atoms with van der Waals surface area (Å²) < 4.78 is 12.6. The van der Waals surface area contributed by atoms with Crippen LogP contribution in [0.5, 0.6) is 11.5 Å². The number of fused-ring (bicyclic) bond motifs is 2. The van der Waals surface area contributed by atoms with Gasteiger partial charge in [0.25, 0.3) is 0 Å². The van der Waals surface area contributed by atoms with Crippen molar-refractivity contribution in [3.8, 4) is 22.8 Å². The minimum atomic E-state index is 0. The number of anilines is 2. The smallest absolute Gasteiger partial charge is 0.213 e. The van der Waals surface area contributed by atoms with Gasteiger partial charge in [-0.05, 0) is 36.4 Å². The van der Waals surface area contributed by atoms with E-state index < -0.39 is 0 Å². The summed E-state index contributed by atoms with van der Waals surface area (Å²) in [6.45, 7) is 0. The standard InChI is InChI=1S/C20H17N7O2.2ClH/c1-28-17-6-3-12(9-18(17)29-2)15-11-19-21-7-8-27(19)20(23-15)22-13-4-5-14-16(10-13)25-26-24-14;;/h3-11H,1-2H3,(H,22,23)(H,24,25,26);2*1H. The first-order chi connectivity index (χ1) is 14.2. The number of aromatic amines is 1. The van der Waals surface area contributed by atoms with Crippen LogP contribution in [-0.4, -0.2) is 44.0 Å². The summed E-state index contributed by atoms with van der Waals surface area (Å²) in [5.41, 5.74) is 4.84. The molecule has 9 nitrogen and oxygen atoms in total. The fourth-order valence-electron chi connectivity index (χ4n) is 3.20. The van der Waals surface area contributed by atoms with E-state index in [-0.39, 0.29) is 24.8 Å². The molecule has 0 radical (unpaired) electrons. The summed E-state index contributed by atoms with van der Waals surface area (Å²) in [7, 11) is 3.22. The number of benzene rings is 2. The first-order valence-electron chi connectivity index (χ1n) is 8.89. The Bertz CT molecular complexity index is 1340. The minimum absolute atomic E-state index is 0. The summed E-state index contributed by atoms with van der Waals surface area (Å²) in [6.07, 6.45) is 3.60. The van der Waals surface area contributed by atoms with Crippen LogP contribution in [0.3, 0.4) is 0 Å². The Morgan fingerprint density at radius 2 is 1.71 bits per heavy atom. The van der Waals surface area contributed by atoms with Crippen molar-refractivity contribution in [2.24, 2.45) is 0 Å². The molecule has 11 heteroatoms. The monoisotopic (exact) mass is 459 g/mol. The average Bonchev–Trinajstić information content (AvgIpc) is 3.42. The minimum Gasteiger partial charge on any atom is -0.493 e. The van der Waals surface area contributed by atoms with Crippen LogP contribution in [-0.2, 0) is 0 Å². The molecular weight excluding hydrogens is 441 g/mol. The molecule has 0 amide bonds. The predicted octanol–water partition coefficient (Wildman–Crippen LogP) is 4.27. The number of aromatic nitrogens is 6. The van der Waals surface area contributed by atoms with Crippen LogP contribution < -0.4 is 14.8 Å². The van der Waals surface area contributed by atoms with Gasteiger partial charge in [-0.3, -0.25) is 4.40 Å². The highest BCUT2D eigenvalue weighted by Crippen LogP contribution is 2.32. The van der Waals surface area contributed by atoms with Gasteiger partial charge < -0.3 is 14.8 Å². The van der Waals surface area contributed by atoms with Gasteiger partial charge in [-0.25, -0.2) is 9.97 Å². The van der Waals surface area contributed by atoms with Crippen molar-refractivity contribution in [2.75, 3.05) is 19.5 Å². The van der Waals surface area contributed by atoms with Crippen LogP contribution in [0.1, 0.15) is 0 Å². The molecule has 2 N–H and O–H groups in total. The molecule has 0 aliphatic rings. The number of halogens is 2. The molecule has 5 rings (SSSR count). The number of methoxy groups -OCH3 is 2. The van der Waals surface area contributed by atoms with Gasteiger partial charge in [0.05, 0.1) is 19.9 Å². The fraction of sp³-hybridized carbons (Fsp3) is 0.100. The van der Waals surface area contributed by atoms with Gasteiger partial charge in [-0.15, -0.1) is 24.8 Å². The second-order valence-electron chi connectivity index (χ2n) is 6.34. The largest absolute Gasteiger partial charge is 0.493 e. The van der Waals surface area contributed by atoms with Gasteiger partial charge in [0.1, 0.15) is 16.7 Å². The zero-order chi connectivity index (χ0) is 19.8. The molecule has 0 unspecified atom stereocenters. The Hall–Kier alpha value is -3.56. The quantitative estimate of drug-likeness (QED) is 0.404. The van der Waals surface area contributed by atoms with Crippen LogP contribution in [0, 0.1) is 0 Å². The van der Waals surface area contributed by atoms with E-state index in [1.54, 1.807) is 20.4 Å². The lowest BCUT2D eigenvalue weighted by Crippen LogP contribution is -2.02. The third-order valence-corrected chi connectivity index (χ3v) is 4.64. The molecule has 0 spiro atoms. The molecule has 31 heavy (non-hydrogen) atoms. The molecule has 0 saturated heterocycles. The predicted molar refractivity (Wildman–Crippen MR) is 123 cm³/mol. The normalized spacial score (nSPS) is 10.4. The number of H-pyrrole nitrogens is 1. The SMILES string of the molecule is COc1ccc(-c2cc3nccn3c(Nc3ccc4n[nH]nc4c3)n2)cc1OC.Cl.Cl. The lowest BCUT2D eigenvalue weighted by molar-refractivity contribution is 0.355. The number of ether oxygens (including phenoxy) is 2. The van der Waals surface area contributed by atoms with Crippen LogP contribution in [0.25, 0.3) is 27.9 Å². The second kappa shape index (κ2) is 9.07. The molecule has 3 aromatic heterocycles. The topological polar surface area (TPSA) is 102 Å². The van der Waals surface area contributed by atoms with Gasteiger partial charge >= 0.3 is 0 Å². The zero-order valence-electron chi connectivity index (χ0n) is 16.6. The van der Waals surface area contributed by atoms with Crippen molar-refractivity contribution in [3.05, 3.63) is 54.9 Å².